The Balaban J connectivity index is 1.50. The number of piperidine rings is 1. The van der Waals surface area contributed by atoms with E-state index in [0.29, 0.717) is 19.1 Å². The van der Waals surface area contributed by atoms with Gasteiger partial charge in [-0.25, -0.2) is 4.79 Å². The van der Waals surface area contributed by atoms with E-state index in [-0.39, 0.29) is 0 Å². The lowest BCUT2D eigenvalue weighted by atomic mass is 10.0. The Bertz CT molecular complexity index is 311. The van der Waals surface area contributed by atoms with Gasteiger partial charge in [-0.15, -0.1) is 0 Å². The fourth-order valence-electron chi connectivity index (χ4n) is 3.33. The Hall–Kier alpha value is -0.810. The van der Waals surface area contributed by atoms with Crippen molar-refractivity contribution in [1.82, 2.24) is 14.7 Å². The van der Waals surface area contributed by atoms with Crippen LogP contribution in [-0.2, 0) is 0 Å². The van der Waals surface area contributed by atoms with Crippen molar-refractivity contribution < 1.29 is 9.90 Å². The first-order chi connectivity index (χ1) is 8.74. The van der Waals surface area contributed by atoms with Gasteiger partial charge in [-0.2, -0.15) is 0 Å². The van der Waals surface area contributed by atoms with Crippen LogP contribution < -0.4 is 0 Å². The van der Waals surface area contributed by atoms with E-state index in [1.54, 1.807) is 0 Å². The topological polar surface area (TPSA) is 47.0 Å². The molecule has 0 unspecified atom stereocenters. The highest BCUT2D eigenvalue weighted by Gasteiger charge is 2.35. The largest absolute Gasteiger partial charge is 0.465 e. The number of carboxylic acid groups (broad SMARTS) is 1. The summed E-state index contributed by atoms with van der Waals surface area (Å²) in [5, 5.41) is 8.96. The van der Waals surface area contributed by atoms with E-state index in [2.05, 4.69) is 9.80 Å². The smallest absolute Gasteiger partial charge is 0.407 e. The number of nitrogens with zero attached hydrogens (tertiary/aromatic N) is 3. The van der Waals surface area contributed by atoms with E-state index in [4.69, 9.17) is 5.11 Å². The van der Waals surface area contributed by atoms with E-state index in [9.17, 15) is 4.79 Å². The highest BCUT2D eigenvalue weighted by molar-refractivity contribution is 5.65. The van der Waals surface area contributed by atoms with Gasteiger partial charge in [-0.3, -0.25) is 9.80 Å². The fraction of sp³-hybridized carbons (Fsp3) is 0.923. The summed E-state index contributed by atoms with van der Waals surface area (Å²) in [5.41, 5.74) is 0. The van der Waals surface area contributed by atoms with Gasteiger partial charge < -0.3 is 10.0 Å². The van der Waals surface area contributed by atoms with Crippen LogP contribution in [0.2, 0.25) is 0 Å². The standard InChI is InChI=1S/C13H23N3O2/c17-13(18)15-8-6-14(7-9-15)12-2-1-5-16(10-12)11-3-4-11/h11-12H,1-10H2,(H,17,18)/t12-/m1/s1. The maximum absolute atomic E-state index is 10.9. The lowest BCUT2D eigenvalue weighted by Crippen LogP contribution is -2.56. The average Bonchev–Trinajstić information content (AvgIpc) is 3.23. The molecule has 1 amide bonds. The van der Waals surface area contributed by atoms with E-state index >= 15 is 0 Å². The Morgan fingerprint density at radius 2 is 1.61 bits per heavy atom. The molecule has 2 aliphatic heterocycles. The lowest BCUT2D eigenvalue weighted by Gasteiger charge is -2.43. The predicted molar refractivity (Wildman–Crippen MR) is 68.8 cm³/mol. The highest BCUT2D eigenvalue weighted by atomic mass is 16.4. The molecule has 2 saturated heterocycles. The monoisotopic (exact) mass is 253 g/mol. The second-order valence-electron chi connectivity index (χ2n) is 5.83. The summed E-state index contributed by atoms with van der Waals surface area (Å²) in [7, 11) is 0. The number of piperazine rings is 1. The van der Waals surface area contributed by atoms with Gasteiger partial charge in [0.2, 0.25) is 0 Å². The molecule has 2 heterocycles. The van der Waals surface area contributed by atoms with Crippen LogP contribution in [-0.4, -0.2) is 77.3 Å². The number of likely N-dealkylation sites (tertiary alicyclic amines) is 1. The molecule has 0 spiro atoms. The van der Waals surface area contributed by atoms with Gasteiger partial charge in [-0.05, 0) is 32.2 Å². The van der Waals surface area contributed by atoms with Crippen molar-refractivity contribution in [2.24, 2.45) is 0 Å². The summed E-state index contributed by atoms with van der Waals surface area (Å²) in [4.78, 5) is 17.6. The molecule has 3 aliphatic rings. The van der Waals surface area contributed by atoms with Crippen LogP contribution in [0.15, 0.2) is 0 Å². The van der Waals surface area contributed by atoms with E-state index in [1.807, 2.05) is 0 Å². The maximum Gasteiger partial charge on any atom is 0.407 e. The van der Waals surface area contributed by atoms with Crippen LogP contribution in [0, 0.1) is 0 Å². The molecule has 0 aromatic rings. The molecule has 0 bridgehead atoms. The number of rotatable bonds is 2. The molecule has 3 fully saturated rings. The Morgan fingerprint density at radius 1 is 0.889 bits per heavy atom. The van der Waals surface area contributed by atoms with Crippen molar-refractivity contribution in [2.75, 3.05) is 39.3 Å². The van der Waals surface area contributed by atoms with Crippen molar-refractivity contribution in [3.63, 3.8) is 0 Å². The normalized spacial score (nSPS) is 31.6. The molecule has 5 nitrogen and oxygen atoms in total. The second-order valence-corrected chi connectivity index (χ2v) is 5.83. The summed E-state index contributed by atoms with van der Waals surface area (Å²) >= 11 is 0. The number of amides is 1. The predicted octanol–water partition coefficient (Wildman–Crippen LogP) is 0.909. The molecule has 0 radical (unpaired) electrons. The molecule has 102 valence electrons. The van der Waals surface area contributed by atoms with Crippen LogP contribution in [0.4, 0.5) is 4.79 Å². The molecule has 18 heavy (non-hydrogen) atoms. The SMILES string of the molecule is O=C(O)N1CCN([C@@H]2CCCN(C3CC3)C2)CC1. The Morgan fingerprint density at radius 3 is 2.22 bits per heavy atom. The molecular weight excluding hydrogens is 230 g/mol. The molecule has 3 rings (SSSR count). The minimum absolute atomic E-state index is 0.662. The minimum atomic E-state index is -0.766. The van der Waals surface area contributed by atoms with Gasteiger partial charge >= 0.3 is 6.09 Å². The van der Waals surface area contributed by atoms with Gasteiger partial charge in [0.15, 0.2) is 0 Å². The molecule has 1 atom stereocenters. The van der Waals surface area contributed by atoms with Crippen LogP contribution in [0.25, 0.3) is 0 Å². The Kier molecular flexibility index (Phi) is 3.43. The lowest BCUT2D eigenvalue weighted by molar-refractivity contribution is 0.0497. The summed E-state index contributed by atoms with van der Waals surface area (Å²) in [5.74, 6) is 0. The van der Waals surface area contributed by atoms with Gasteiger partial charge in [0.1, 0.15) is 0 Å². The third-order valence-corrected chi connectivity index (χ3v) is 4.59. The number of hydrogen-bond donors (Lipinski definition) is 1. The van der Waals surface area contributed by atoms with Gasteiger partial charge in [0, 0.05) is 44.8 Å². The van der Waals surface area contributed by atoms with E-state index in [1.165, 1.54) is 43.7 Å². The van der Waals surface area contributed by atoms with Crippen molar-refractivity contribution in [2.45, 2.75) is 37.8 Å². The highest BCUT2D eigenvalue weighted by Crippen LogP contribution is 2.30. The van der Waals surface area contributed by atoms with E-state index < -0.39 is 6.09 Å². The summed E-state index contributed by atoms with van der Waals surface area (Å²) in [6.45, 7) is 5.66. The van der Waals surface area contributed by atoms with Crippen LogP contribution in [0.1, 0.15) is 25.7 Å². The first-order valence-corrected chi connectivity index (χ1v) is 7.20. The average molecular weight is 253 g/mol. The summed E-state index contributed by atoms with van der Waals surface area (Å²) in [6.07, 6.45) is 4.60. The molecular formula is C13H23N3O2. The fourth-order valence-corrected chi connectivity index (χ4v) is 3.33. The van der Waals surface area contributed by atoms with Crippen molar-refractivity contribution in [3.8, 4) is 0 Å². The Labute approximate surface area is 108 Å². The van der Waals surface area contributed by atoms with Gasteiger partial charge in [-0.1, -0.05) is 0 Å². The van der Waals surface area contributed by atoms with Crippen molar-refractivity contribution in [3.05, 3.63) is 0 Å². The molecule has 0 aromatic heterocycles. The zero-order valence-electron chi connectivity index (χ0n) is 10.9. The van der Waals surface area contributed by atoms with Crippen LogP contribution in [0.3, 0.4) is 0 Å². The quantitative estimate of drug-likeness (QED) is 0.794. The molecule has 1 aliphatic carbocycles. The summed E-state index contributed by atoms with van der Waals surface area (Å²) in [6, 6.07) is 1.53. The molecule has 1 saturated carbocycles. The zero-order chi connectivity index (χ0) is 12.5. The molecule has 0 aromatic carbocycles. The number of hydrogen-bond acceptors (Lipinski definition) is 3. The number of carbonyl (C=O) groups is 1. The minimum Gasteiger partial charge on any atom is -0.465 e. The third kappa shape index (κ3) is 2.62. The van der Waals surface area contributed by atoms with Crippen molar-refractivity contribution >= 4 is 6.09 Å². The first-order valence-electron chi connectivity index (χ1n) is 7.20. The first kappa shape index (κ1) is 12.2. The molecule has 5 heteroatoms. The summed E-state index contributed by atoms with van der Waals surface area (Å²) < 4.78 is 0. The van der Waals surface area contributed by atoms with Gasteiger partial charge in [0.25, 0.3) is 0 Å². The third-order valence-electron chi connectivity index (χ3n) is 4.59. The zero-order valence-corrected chi connectivity index (χ0v) is 10.9. The maximum atomic E-state index is 10.9. The van der Waals surface area contributed by atoms with Gasteiger partial charge in [0.05, 0.1) is 0 Å². The second kappa shape index (κ2) is 5.05. The van der Waals surface area contributed by atoms with E-state index in [0.717, 1.165) is 19.1 Å². The van der Waals surface area contributed by atoms with Crippen molar-refractivity contribution in [1.29, 1.82) is 0 Å². The molecule has 1 N–H and O–H groups in total. The van der Waals surface area contributed by atoms with Crippen LogP contribution in [0.5, 0.6) is 0 Å². The van der Waals surface area contributed by atoms with Crippen LogP contribution >= 0.6 is 0 Å².